The maximum Gasteiger partial charge on any atom is 0.252 e. The average Bonchev–Trinajstić information content (AvgIpc) is 3.10. The Hall–Kier alpha value is -1.70. The highest BCUT2D eigenvalue weighted by molar-refractivity contribution is 7.91. The molecule has 1 amide bonds. The fourth-order valence-corrected chi connectivity index (χ4v) is 6.13. The van der Waals surface area contributed by atoms with E-state index in [4.69, 9.17) is 0 Å². The van der Waals surface area contributed by atoms with Crippen molar-refractivity contribution in [3.63, 3.8) is 0 Å². The molecule has 2 aromatic rings. The molecule has 26 heavy (non-hydrogen) atoms. The number of aryl methyl sites for hydroxylation is 1. The summed E-state index contributed by atoms with van der Waals surface area (Å²) in [5.41, 5.74) is 1.17. The summed E-state index contributed by atoms with van der Waals surface area (Å²) < 4.78 is 27.4. The van der Waals surface area contributed by atoms with Crippen molar-refractivity contribution in [3.8, 4) is 0 Å². The molecule has 1 aromatic carbocycles. The van der Waals surface area contributed by atoms with Crippen LogP contribution in [-0.4, -0.2) is 38.3 Å². The van der Waals surface area contributed by atoms with Crippen LogP contribution in [0.15, 0.2) is 46.7 Å². The second-order valence-electron chi connectivity index (χ2n) is 6.59. The van der Waals surface area contributed by atoms with Gasteiger partial charge in [-0.2, -0.15) is 4.31 Å². The quantitative estimate of drug-likeness (QED) is 0.822. The first kappa shape index (κ1) is 19.1. The summed E-state index contributed by atoms with van der Waals surface area (Å²) in [5, 5.41) is 2.96. The number of amides is 1. The minimum Gasteiger partial charge on any atom is -0.355 e. The molecule has 3 rings (SSSR count). The number of piperidine rings is 1. The zero-order chi connectivity index (χ0) is 18.6. The van der Waals surface area contributed by atoms with E-state index in [0.717, 1.165) is 17.7 Å². The van der Waals surface area contributed by atoms with Gasteiger partial charge in [0.2, 0.25) is 5.91 Å². The minimum atomic E-state index is -3.50. The van der Waals surface area contributed by atoms with E-state index in [1.807, 2.05) is 43.3 Å². The largest absolute Gasteiger partial charge is 0.355 e. The van der Waals surface area contributed by atoms with Crippen LogP contribution in [0.3, 0.4) is 0 Å². The summed E-state index contributed by atoms with van der Waals surface area (Å²) in [7, 11) is -3.50. The molecule has 2 heterocycles. The number of sulfonamides is 1. The van der Waals surface area contributed by atoms with E-state index in [9.17, 15) is 13.2 Å². The second-order valence-corrected chi connectivity index (χ2v) is 10.0. The molecule has 0 bridgehead atoms. The van der Waals surface area contributed by atoms with Crippen LogP contribution in [0.5, 0.6) is 0 Å². The molecule has 1 aromatic heterocycles. The molecule has 0 spiro atoms. The molecule has 1 aliphatic heterocycles. The Balaban J connectivity index is 1.56. The fraction of sp³-hybridized carbons (Fsp3) is 0.421. The Morgan fingerprint density at radius 3 is 2.69 bits per heavy atom. The number of hydrogen-bond donors (Lipinski definition) is 1. The maximum atomic E-state index is 12.8. The van der Waals surface area contributed by atoms with Crippen LogP contribution in [0.4, 0.5) is 0 Å². The van der Waals surface area contributed by atoms with Gasteiger partial charge in [-0.15, -0.1) is 11.3 Å². The van der Waals surface area contributed by atoms with E-state index in [2.05, 4.69) is 5.32 Å². The van der Waals surface area contributed by atoms with Gasteiger partial charge in [-0.25, -0.2) is 8.42 Å². The second kappa shape index (κ2) is 8.33. The number of nitrogens with zero attached hydrogens (tertiary/aromatic N) is 1. The minimum absolute atomic E-state index is 0.0526. The van der Waals surface area contributed by atoms with Gasteiger partial charge >= 0.3 is 0 Å². The predicted molar refractivity (Wildman–Crippen MR) is 104 cm³/mol. The summed E-state index contributed by atoms with van der Waals surface area (Å²) in [6.07, 6.45) is 2.21. The third-order valence-electron chi connectivity index (χ3n) is 4.62. The van der Waals surface area contributed by atoms with Crippen molar-refractivity contribution in [2.75, 3.05) is 19.6 Å². The number of rotatable bonds is 6. The molecule has 0 aliphatic carbocycles. The zero-order valence-electron chi connectivity index (χ0n) is 14.8. The molecule has 0 saturated carbocycles. The van der Waals surface area contributed by atoms with Crippen molar-refractivity contribution in [3.05, 3.63) is 52.9 Å². The summed E-state index contributed by atoms with van der Waals surface area (Å²) in [4.78, 5) is 13.4. The third kappa shape index (κ3) is 4.52. The van der Waals surface area contributed by atoms with Crippen LogP contribution in [0.2, 0.25) is 0 Å². The van der Waals surface area contributed by atoms with E-state index >= 15 is 0 Å². The van der Waals surface area contributed by atoms with Crippen LogP contribution in [0, 0.1) is 12.8 Å². The fourth-order valence-electron chi connectivity index (χ4n) is 3.17. The van der Waals surface area contributed by atoms with Crippen LogP contribution in [0.1, 0.15) is 23.3 Å². The lowest BCUT2D eigenvalue weighted by Crippen LogP contribution is -2.45. The number of benzene rings is 1. The first-order valence-corrected chi connectivity index (χ1v) is 11.1. The number of carbonyl (C=O) groups excluding carboxylic acids is 1. The number of carbonyl (C=O) groups is 1. The molecular weight excluding hydrogens is 368 g/mol. The molecule has 1 N–H and O–H groups in total. The van der Waals surface area contributed by atoms with Crippen molar-refractivity contribution in [2.45, 2.75) is 30.4 Å². The standard InChI is InChI=1S/C19H24N2O3S2/c1-15-9-10-18(25-15)26(23,24)21-13-5-8-17(14-21)19(22)20-12-11-16-6-3-2-4-7-16/h2-4,6-7,9-10,17H,5,8,11-14H2,1H3,(H,20,22)/t17-/m0/s1. The molecule has 0 unspecified atom stereocenters. The van der Waals surface area contributed by atoms with Crippen molar-refractivity contribution in [1.82, 2.24) is 9.62 Å². The first-order valence-electron chi connectivity index (χ1n) is 8.85. The number of hydrogen-bond acceptors (Lipinski definition) is 4. The average molecular weight is 393 g/mol. The molecule has 5 nitrogen and oxygen atoms in total. The van der Waals surface area contributed by atoms with Crippen LogP contribution in [-0.2, 0) is 21.2 Å². The van der Waals surface area contributed by atoms with Gasteiger partial charge in [-0.05, 0) is 43.9 Å². The molecule has 0 radical (unpaired) electrons. The van der Waals surface area contributed by atoms with E-state index < -0.39 is 10.0 Å². The highest BCUT2D eigenvalue weighted by atomic mass is 32.2. The Morgan fingerprint density at radius 1 is 1.23 bits per heavy atom. The van der Waals surface area contributed by atoms with Gasteiger partial charge in [-0.3, -0.25) is 4.79 Å². The van der Waals surface area contributed by atoms with E-state index in [0.29, 0.717) is 23.7 Å². The van der Waals surface area contributed by atoms with Crippen molar-refractivity contribution < 1.29 is 13.2 Å². The van der Waals surface area contributed by atoms with Gasteiger partial charge in [0, 0.05) is 24.5 Å². The Bertz CT molecular complexity index is 847. The van der Waals surface area contributed by atoms with Gasteiger partial charge in [-0.1, -0.05) is 30.3 Å². The molecule has 1 fully saturated rings. The van der Waals surface area contributed by atoms with Crippen molar-refractivity contribution >= 4 is 27.3 Å². The van der Waals surface area contributed by atoms with E-state index in [-0.39, 0.29) is 18.4 Å². The maximum absolute atomic E-state index is 12.8. The topological polar surface area (TPSA) is 66.5 Å². The molecular formula is C19H24N2O3S2. The number of thiophene rings is 1. The zero-order valence-corrected chi connectivity index (χ0v) is 16.5. The molecule has 7 heteroatoms. The lowest BCUT2D eigenvalue weighted by molar-refractivity contribution is -0.126. The normalized spacial score (nSPS) is 18.6. The van der Waals surface area contributed by atoms with Gasteiger partial charge < -0.3 is 5.32 Å². The monoisotopic (exact) mass is 392 g/mol. The molecule has 140 valence electrons. The Kier molecular flexibility index (Phi) is 6.11. The van der Waals surface area contributed by atoms with Crippen LogP contribution < -0.4 is 5.32 Å². The van der Waals surface area contributed by atoms with Gasteiger partial charge in [0.05, 0.1) is 5.92 Å². The first-order chi connectivity index (χ1) is 12.5. The van der Waals surface area contributed by atoms with Crippen molar-refractivity contribution in [2.24, 2.45) is 5.92 Å². The van der Waals surface area contributed by atoms with Crippen LogP contribution >= 0.6 is 11.3 Å². The van der Waals surface area contributed by atoms with Gasteiger partial charge in [0.1, 0.15) is 4.21 Å². The summed E-state index contributed by atoms with van der Waals surface area (Å²) >= 11 is 1.28. The highest BCUT2D eigenvalue weighted by Gasteiger charge is 2.33. The SMILES string of the molecule is Cc1ccc(S(=O)(=O)N2CCC[C@H](C(=O)NCCc3ccccc3)C2)s1. The van der Waals surface area contributed by atoms with E-state index in [1.165, 1.54) is 21.2 Å². The van der Waals surface area contributed by atoms with Crippen molar-refractivity contribution in [1.29, 1.82) is 0 Å². The Morgan fingerprint density at radius 2 is 2.00 bits per heavy atom. The smallest absolute Gasteiger partial charge is 0.252 e. The lowest BCUT2D eigenvalue weighted by Gasteiger charge is -2.30. The molecule has 1 atom stereocenters. The van der Waals surface area contributed by atoms with Gasteiger partial charge in [0.25, 0.3) is 10.0 Å². The van der Waals surface area contributed by atoms with Gasteiger partial charge in [0.15, 0.2) is 0 Å². The number of nitrogens with one attached hydrogen (secondary N) is 1. The summed E-state index contributed by atoms with van der Waals surface area (Å²) in [6, 6.07) is 13.5. The Labute approximate surface area is 159 Å². The predicted octanol–water partition coefficient (Wildman–Crippen LogP) is 2.82. The summed E-state index contributed by atoms with van der Waals surface area (Å²) in [6.45, 7) is 3.20. The van der Waals surface area contributed by atoms with E-state index in [1.54, 1.807) is 6.07 Å². The molecule has 1 aliphatic rings. The molecule has 1 saturated heterocycles. The van der Waals surface area contributed by atoms with Crippen LogP contribution in [0.25, 0.3) is 0 Å². The summed E-state index contributed by atoms with van der Waals surface area (Å²) in [5.74, 6) is -0.335. The lowest BCUT2D eigenvalue weighted by atomic mass is 9.99. The highest BCUT2D eigenvalue weighted by Crippen LogP contribution is 2.28. The third-order valence-corrected chi connectivity index (χ3v) is 7.95.